The fraction of sp³-hybridized carbons (Fsp3) is 0.438. The predicted molar refractivity (Wildman–Crippen MR) is 72.4 cm³/mol. The number of ether oxygens (including phenoxy) is 1. The molecule has 1 aliphatic rings. The molecule has 0 bridgehead atoms. The van der Waals surface area contributed by atoms with E-state index in [4.69, 9.17) is 4.74 Å². The molecular weight excluding hydrogens is 224 g/mol. The van der Waals surface area contributed by atoms with Crippen LogP contribution < -0.4 is 0 Å². The summed E-state index contributed by atoms with van der Waals surface area (Å²) >= 11 is 0. The molecular formula is C16H20O2. The summed E-state index contributed by atoms with van der Waals surface area (Å²) in [7, 11) is 0. The molecule has 96 valence electrons. The molecule has 2 atom stereocenters. The fourth-order valence-corrected chi connectivity index (χ4v) is 2.59. The van der Waals surface area contributed by atoms with Crippen LogP contribution in [-0.4, -0.2) is 12.1 Å². The highest BCUT2D eigenvalue weighted by atomic mass is 16.5. The van der Waals surface area contributed by atoms with E-state index in [0.29, 0.717) is 11.5 Å². The van der Waals surface area contributed by atoms with Crippen LogP contribution in [0.3, 0.4) is 0 Å². The molecule has 2 nitrogen and oxygen atoms in total. The van der Waals surface area contributed by atoms with Crippen LogP contribution in [0.1, 0.15) is 42.5 Å². The lowest BCUT2D eigenvalue weighted by molar-refractivity contribution is 0.00196. The Labute approximate surface area is 109 Å². The molecule has 0 aliphatic heterocycles. The Morgan fingerprint density at radius 3 is 2.72 bits per heavy atom. The summed E-state index contributed by atoms with van der Waals surface area (Å²) in [5, 5.41) is 0. The van der Waals surface area contributed by atoms with Gasteiger partial charge in [0, 0.05) is 0 Å². The smallest absolute Gasteiger partial charge is 0.338 e. The van der Waals surface area contributed by atoms with Crippen molar-refractivity contribution in [3.8, 4) is 0 Å². The van der Waals surface area contributed by atoms with Gasteiger partial charge >= 0.3 is 5.97 Å². The molecule has 1 aromatic carbocycles. The molecule has 1 aliphatic carbocycles. The maximum Gasteiger partial charge on any atom is 0.338 e. The molecule has 0 N–H and O–H groups in total. The van der Waals surface area contributed by atoms with E-state index < -0.39 is 0 Å². The Bertz CT molecular complexity index is 397. The lowest BCUT2D eigenvalue weighted by Crippen LogP contribution is -2.29. The van der Waals surface area contributed by atoms with Crippen molar-refractivity contribution >= 4 is 5.97 Å². The lowest BCUT2D eigenvalue weighted by atomic mass is 9.84. The molecule has 0 radical (unpaired) electrons. The number of benzene rings is 1. The summed E-state index contributed by atoms with van der Waals surface area (Å²) in [5.74, 6) is 0.250. The predicted octanol–water partition coefficient (Wildman–Crippen LogP) is 3.98. The average molecular weight is 244 g/mol. The molecule has 1 aromatic rings. The SMILES string of the molecule is C=CC[C@@H]1CCCC[C@@H]1OC(=O)c1ccccc1. The standard InChI is InChI=1S/C16H20O2/c1-2-8-13-9-6-7-12-15(13)18-16(17)14-10-4-3-5-11-14/h2-5,10-11,13,15H,1,6-9,12H2/t13-,15+/m1/s1. The van der Waals surface area contributed by atoms with Gasteiger partial charge < -0.3 is 4.74 Å². The van der Waals surface area contributed by atoms with Gasteiger partial charge in [0.25, 0.3) is 0 Å². The maximum atomic E-state index is 12.0. The Hall–Kier alpha value is -1.57. The third-order valence-electron chi connectivity index (χ3n) is 3.58. The van der Waals surface area contributed by atoms with Crippen molar-refractivity contribution in [2.24, 2.45) is 5.92 Å². The van der Waals surface area contributed by atoms with Gasteiger partial charge in [0.1, 0.15) is 6.10 Å². The first-order valence-corrected chi connectivity index (χ1v) is 6.68. The van der Waals surface area contributed by atoms with Crippen LogP contribution in [0.15, 0.2) is 43.0 Å². The lowest BCUT2D eigenvalue weighted by Gasteiger charge is -2.30. The van der Waals surface area contributed by atoms with Crippen LogP contribution in [0.4, 0.5) is 0 Å². The van der Waals surface area contributed by atoms with E-state index in [1.165, 1.54) is 6.42 Å². The zero-order chi connectivity index (χ0) is 12.8. The number of carbonyl (C=O) groups is 1. The first kappa shape index (κ1) is 12.9. The normalized spacial score (nSPS) is 23.3. The molecule has 0 heterocycles. The first-order chi connectivity index (χ1) is 8.81. The van der Waals surface area contributed by atoms with Gasteiger partial charge in [-0.15, -0.1) is 6.58 Å². The highest BCUT2D eigenvalue weighted by Crippen LogP contribution is 2.30. The van der Waals surface area contributed by atoms with Crippen molar-refractivity contribution in [1.82, 2.24) is 0 Å². The summed E-state index contributed by atoms with van der Waals surface area (Å²) < 4.78 is 5.66. The van der Waals surface area contributed by atoms with Crippen molar-refractivity contribution in [1.29, 1.82) is 0 Å². The Morgan fingerprint density at radius 2 is 2.00 bits per heavy atom. The molecule has 1 fully saturated rings. The van der Waals surface area contributed by atoms with Crippen LogP contribution in [0.5, 0.6) is 0 Å². The van der Waals surface area contributed by atoms with Gasteiger partial charge in [-0.3, -0.25) is 0 Å². The zero-order valence-corrected chi connectivity index (χ0v) is 10.7. The zero-order valence-electron chi connectivity index (χ0n) is 10.7. The van der Waals surface area contributed by atoms with E-state index in [9.17, 15) is 4.79 Å². The topological polar surface area (TPSA) is 26.3 Å². The second kappa shape index (κ2) is 6.39. The monoisotopic (exact) mass is 244 g/mol. The van der Waals surface area contributed by atoms with E-state index in [-0.39, 0.29) is 12.1 Å². The number of allylic oxidation sites excluding steroid dienone is 1. The third-order valence-corrected chi connectivity index (χ3v) is 3.58. The number of esters is 1. The molecule has 0 saturated heterocycles. The number of hydrogen-bond donors (Lipinski definition) is 0. The van der Waals surface area contributed by atoms with E-state index in [0.717, 1.165) is 25.7 Å². The van der Waals surface area contributed by atoms with Crippen LogP contribution >= 0.6 is 0 Å². The van der Waals surface area contributed by atoms with Crippen LogP contribution in [0.2, 0.25) is 0 Å². The fourth-order valence-electron chi connectivity index (χ4n) is 2.59. The van der Waals surface area contributed by atoms with Gasteiger partial charge in [0.15, 0.2) is 0 Å². The van der Waals surface area contributed by atoms with E-state index in [1.807, 2.05) is 24.3 Å². The van der Waals surface area contributed by atoms with Crippen molar-refractivity contribution in [2.75, 3.05) is 0 Å². The average Bonchev–Trinajstić information content (AvgIpc) is 2.42. The molecule has 18 heavy (non-hydrogen) atoms. The summed E-state index contributed by atoms with van der Waals surface area (Å²) in [4.78, 5) is 12.0. The molecule has 0 unspecified atom stereocenters. The minimum absolute atomic E-state index is 0.0597. The first-order valence-electron chi connectivity index (χ1n) is 6.68. The highest BCUT2D eigenvalue weighted by Gasteiger charge is 2.27. The van der Waals surface area contributed by atoms with E-state index in [2.05, 4.69) is 6.58 Å². The van der Waals surface area contributed by atoms with Gasteiger partial charge in [0.2, 0.25) is 0 Å². The third kappa shape index (κ3) is 3.22. The van der Waals surface area contributed by atoms with Crippen LogP contribution in [0.25, 0.3) is 0 Å². The highest BCUT2D eigenvalue weighted by molar-refractivity contribution is 5.89. The van der Waals surface area contributed by atoms with Crippen molar-refractivity contribution in [3.63, 3.8) is 0 Å². The second-order valence-corrected chi connectivity index (χ2v) is 4.88. The minimum atomic E-state index is -0.198. The molecule has 1 saturated carbocycles. The summed E-state index contributed by atoms with van der Waals surface area (Å²) in [6, 6.07) is 9.22. The number of rotatable bonds is 4. The van der Waals surface area contributed by atoms with Gasteiger partial charge in [-0.2, -0.15) is 0 Å². The van der Waals surface area contributed by atoms with Gasteiger partial charge in [0.05, 0.1) is 5.56 Å². The largest absolute Gasteiger partial charge is 0.458 e. The van der Waals surface area contributed by atoms with Gasteiger partial charge in [-0.25, -0.2) is 4.79 Å². The van der Waals surface area contributed by atoms with Crippen molar-refractivity contribution in [2.45, 2.75) is 38.2 Å². The minimum Gasteiger partial charge on any atom is -0.458 e. The van der Waals surface area contributed by atoms with Crippen molar-refractivity contribution in [3.05, 3.63) is 48.6 Å². The molecule has 0 spiro atoms. The second-order valence-electron chi connectivity index (χ2n) is 4.88. The van der Waals surface area contributed by atoms with Crippen molar-refractivity contribution < 1.29 is 9.53 Å². The number of carbonyl (C=O) groups excluding carboxylic acids is 1. The molecule has 2 rings (SSSR count). The Kier molecular flexibility index (Phi) is 4.57. The van der Waals surface area contributed by atoms with Crippen LogP contribution in [-0.2, 0) is 4.74 Å². The summed E-state index contributed by atoms with van der Waals surface area (Å²) in [6.07, 6.45) is 7.43. The van der Waals surface area contributed by atoms with Gasteiger partial charge in [-0.05, 0) is 43.7 Å². The Morgan fingerprint density at radius 1 is 1.28 bits per heavy atom. The molecule has 0 amide bonds. The quantitative estimate of drug-likeness (QED) is 0.591. The van der Waals surface area contributed by atoms with E-state index >= 15 is 0 Å². The summed E-state index contributed by atoms with van der Waals surface area (Å²) in [5.41, 5.74) is 0.639. The summed E-state index contributed by atoms with van der Waals surface area (Å²) in [6.45, 7) is 3.79. The van der Waals surface area contributed by atoms with Crippen LogP contribution in [0, 0.1) is 5.92 Å². The molecule has 2 heteroatoms. The Balaban J connectivity index is 1.98. The van der Waals surface area contributed by atoms with Gasteiger partial charge in [-0.1, -0.05) is 30.7 Å². The maximum absolute atomic E-state index is 12.0. The number of hydrogen-bond acceptors (Lipinski definition) is 2. The van der Waals surface area contributed by atoms with E-state index in [1.54, 1.807) is 12.1 Å². The molecule has 0 aromatic heterocycles.